The van der Waals surface area contributed by atoms with Crippen molar-refractivity contribution in [2.75, 3.05) is 6.61 Å². The SMILES string of the molecule is C#CCc1cn([C@@]2(NC(=O)C(F)(F)F)CC[C@@H](CO)O2)c(=O)[nH]c1=O. The first-order chi connectivity index (χ1) is 11.6. The number of aromatic nitrogens is 2. The van der Waals surface area contributed by atoms with Gasteiger partial charge in [0.1, 0.15) is 0 Å². The molecule has 0 saturated carbocycles. The number of hydrogen-bond acceptors (Lipinski definition) is 5. The molecule has 11 heteroatoms. The van der Waals surface area contributed by atoms with Gasteiger partial charge >= 0.3 is 17.8 Å². The molecule has 0 aliphatic carbocycles. The highest BCUT2D eigenvalue weighted by Gasteiger charge is 2.49. The number of ether oxygens (including phenoxy) is 1. The van der Waals surface area contributed by atoms with Gasteiger partial charge in [-0.3, -0.25) is 19.1 Å². The maximum atomic E-state index is 12.6. The second-order valence-electron chi connectivity index (χ2n) is 5.36. The number of alkyl halides is 3. The molecule has 1 aliphatic rings. The number of H-pyrrole nitrogens is 1. The van der Waals surface area contributed by atoms with Gasteiger partial charge in [-0.25, -0.2) is 4.79 Å². The van der Waals surface area contributed by atoms with Gasteiger partial charge in [0.05, 0.1) is 12.7 Å². The van der Waals surface area contributed by atoms with E-state index in [1.165, 1.54) is 0 Å². The number of carbonyl (C=O) groups excluding carboxylic acids is 1. The highest BCUT2D eigenvalue weighted by atomic mass is 19.4. The number of aromatic amines is 1. The first-order valence-corrected chi connectivity index (χ1v) is 7.10. The minimum Gasteiger partial charge on any atom is -0.394 e. The lowest BCUT2D eigenvalue weighted by molar-refractivity contribution is -0.193. The fourth-order valence-corrected chi connectivity index (χ4v) is 2.47. The molecular formula is C14H14F3N3O5. The average Bonchev–Trinajstić information content (AvgIpc) is 2.93. The van der Waals surface area contributed by atoms with Crippen molar-refractivity contribution in [2.24, 2.45) is 0 Å². The molecule has 0 aromatic carbocycles. The minimum absolute atomic E-state index is 0.0706. The van der Waals surface area contributed by atoms with Crippen LogP contribution in [0.3, 0.4) is 0 Å². The van der Waals surface area contributed by atoms with E-state index in [4.69, 9.17) is 16.3 Å². The third-order valence-corrected chi connectivity index (χ3v) is 3.63. The lowest BCUT2D eigenvalue weighted by Crippen LogP contribution is -2.58. The lowest BCUT2D eigenvalue weighted by atomic mass is 10.2. The van der Waals surface area contributed by atoms with Crippen molar-refractivity contribution in [3.05, 3.63) is 32.6 Å². The summed E-state index contributed by atoms with van der Waals surface area (Å²) in [5, 5.41) is 10.8. The van der Waals surface area contributed by atoms with E-state index in [-0.39, 0.29) is 24.8 Å². The molecule has 2 atom stereocenters. The van der Waals surface area contributed by atoms with E-state index in [1.54, 1.807) is 5.32 Å². The molecule has 136 valence electrons. The number of rotatable bonds is 4. The molecule has 0 radical (unpaired) electrons. The van der Waals surface area contributed by atoms with Crippen LogP contribution in [0, 0.1) is 12.3 Å². The Morgan fingerprint density at radius 1 is 1.56 bits per heavy atom. The van der Waals surface area contributed by atoms with Crippen LogP contribution >= 0.6 is 0 Å². The molecule has 1 aromatic heterocycles. The summed E-state index contributed by atoms with van der Waals surface area (Å²) in [6.07, 6.45) is -0.419. The van der Waals surface area contributed by atoms with Crippen LogP contribution in [-0.4, -0.2) is 39.5 Å². The summed E-state index contributed by atoms with van der Waals surface area (Å²) in [4.78, 5) is 37.1. The molecular weight excluding hydrogens is 347 g/mol. The van der Waals surface area contributed by atoms with E-state index >= 15 is 0 Å². The fourth-order valence-electron chi connectivity index (χ4n) is 2.47. The maximum Gasteiger partial charge on any atom is 0.471 e. The Kier molecular flexibility index (Phi) is 5.05. The second-order valence-corrected chi connectivity index (χ2v) is 5.36. The number of aliphatic hydroxyl groups is 1. The third kappa shape index (κ3) is 3.75. The molecule has 0 bridgehead atoms. The normalized spacial score (nSPS) is 23.2. The largest absolute Gasteiger partial charge is 0.471 e. The fraction of sp³-hybridized carbons (Fsp3) is 0.500. The van der Waals surface area contributed by atoms with Gasteiger partial charge in [0, 0.05) is 24.6 Å². The first kappa shape index (κ1) is 18.8. The summed E-state index contributed by atoms with van der Waals surface area (Å²) in [5.74, 6) is -2.36. The lowest BCUT2D eigenvalue weighted by Gasteiger charge is -2.32. The number of hydrogen-bond donors (Lipinski definition) is 3. The van der Waals surface area contributed by atoms with Crippen LogP contribution in [-0.2, 0) is 21.8 Å². The number of halogens is 3. The molecule has 3 N–H and O–H groups in total. The van der Waals surface area contributed by atoms with Crippen LogP contribution in [0.15, 0.2) is 15.8 Å². The van der Waals surface area contributed by atoms with Gasteiger partial charge in [-0.1, -0.05) is 0 Å². The zero-order valence-electron chi connectivity index (χ0n) is 12.7. The summed E-state index contributed by atoms with van der Waals surface area (Å²) < 4.78 is 43.9. The molecule has 1 amide bonds. The Labute approximate surface area is 138 Å². The van der Waals surface area contributed by atoms with Crippen molar-refractivity contribution < 1.29 is 27.8 Å². The maximum absolute atomic E-state index is 12.6. The van der Waals surface area contributed by atoms with Gasteiger partial charge < -0.3 is 15.2 Å². The molecule has 1 saturated heterocycles. The van der Waals surface area contributed by atoms with E-state index < -0.39 is 41.9 Å². The van der Waals surface area contributed by atoms with E-state index in [9.17, 15) is 27.6 Å². The van der Waals surface area contributed by atoms with Gasteiger partial charge in [-0.15, -0.1) is 12.3 Å². The van der Waals surface area contributed by atoms with Gasteiger partial charge in [0.15, 0.2) is 0 Å². The molecule has 2 rings (SSSR count). The van der Waals surface area contributed by atoms with Gasteiger partial charge in [-0.05, 0) is 6.42 Å². The molecule has 1 fully saturated rings. The minimum atomic E-state index is -5.22. The summed E-state index contributed by atoms with van der Waals surface area (Å²) in [5.41, 5.74) is -1.96. The van der Waals surface area contributed by atoms with Gasteiger partial charge in [-0.2, -0.15) is 13.2 Å². The summed E-state index contributed by atoms with van der Waals surface area (Å²) >= 11 is 0. The zero-order chi connectivity index (χ0) is 18.8. The Hall–Kier alpha value is -2.58. The number of aliphatic hydroxyl groups excluding tert-OH is 1. The molecule has 0 unspecified atom stereocenters. The quantitative estimate of drug-likeness (QED) is 0.606. The van der Waals surface area contributed by atoms with Crippen molar-refractivity contribution in [1.82, 2.24) is 14.9 Å². The van der Waals surface area contributed by atoms with Crippen molar-refractivity contribution in [3.8, 4) is 12.3 Å². The molecule has 2 heterocycles. The number of nitrogens with zero attached hydrogens (tertiary/aromatic N) is 1. The number of terminal acetylenes is 1. The summed E-state index contributed by atoms with van der Waals surface area (Å²) in [7, 11) is 0. The topological polar surface area (TPSA) is 113 Å². The van der Waals surface area contributed by atoms with Crippen LogP contribution in [0.2, 0.25) is 0 Å². The summed E-state index contributed by atoms with van der Waals surface area (Å²) in [6.45, 7) is -0.529. The Balaban J connectivity index is 2.56. The number of amides is 1. The first-order valence-electron chi connectivity index (χ1n) is 7.10. The Morgan fingerprint density at radius 2 is 2.24 bits per heavy atom. The zero-order valence-corrected chi connectivity index (χ0v) is 12.7. The molecule has 25 heavy (non-hydrogen) atoms. The highest BCUT2D eigenvalue weighted by Crippen LogP contribution is 2.32. The van der Waals surface area contributed by atoms with Gasteiger partial charge in [0.25, 0.3) is 5.56 Å². The standard InChI is InChI=1S/C14H14F3N3O5/c1-2-3-8-6-20(12(24)18-10(8)22)13(5-4-9(7-21)25-13)19-11(23)14(15,16)17/h1,6,9,21H,3-5,7H2,(H,19,23)(H,18,22,24)/t9-,13-/m0/s1. The van der Waals surface area contributed by atoms with E-state index in [0.29, 0.717) is 4.57 Å². The Morgan fingerprint density at radius 3 is 2.76 bits per heavy atom. The predicted molar refractivity (Wildman–Crippen MR) is 77.2 cm³/mol. The highest BCUT2D eigenvalue weighted by molar-refractivity contribution is 5.82. The number of nitrogens with one attached hydrogen (secondary N) is 2. The monoisotopic (exact) mass is 361 g/mol. The Bertz CT molecular complexity index is 823. The summed E-state index contributed by atoms with van der Waals surface area (Å²) in [6, 6.07) is 0. The average molecular weight is 361 g/mol. The van der Waals surface area contributed by atoms with Crippen LogP contribution in [0.1, 0.15) is 18.4 Å². The number of carbonyl (C=O) groups is 1. The molecule has 8 nitrogen and oxygen atoms in total. The molecule has 1 aromatic rings. The van der Waals surface area contributed by atoms with Crippen LogP contribution in [0.4, 0.5) is 13.2 Å². The van der Waals surface area contributed by atoms with E-state index in [1.807, 2.05) is 4.98 Å². The van der Waals surface area contributed by atoms with Crippen molar-refractivity contribution in [3.63, 3.8) is 0 Å². The van der Waals surface area contributed by atoms with Crippen LogP contribution in [0.25, 0.3) is 0 Å². The van der Waals surface area contributed by atoms with Crippen molar-refractivity contribution >= 4 is 5.91 Å². The smallest absolute Gasteiger partial charge is 0.394 e. The second kappa shape index (κ2) is 6.73. The van der Waals surface area contributed by atoms with Crippen molar-refractivity contribution in [2.45, 2.75) is 37.4 Å². The predicted octanol–water partition coefficient (Wildman–Crippen LogP) is -0.828. The van der Waals surface area contributed by atoms with E-state index in [2.05, 4.69) is 5.92 Å². The molecule has 0 spiro atoms. The van der Waals surface area contributed by atoms with Crippen LogP contribution < -0.4 is 16.6 Å². The third-order valence-electron chi connectivity index (χ3n) is 3.63. The van der Waals surface area contributed by atoms with E-state index in [0.717, 1.165) is 6.20 Å². The van der Waals surface area contributed by atoms with Gasteiger partial charge in [0.2, 0.25) is 5.85 Å². The van der Waals surface area contributed by atoms with Crippen LogP contribution in [0.5, 0.6) is 0 Å². The van der Waals surface area contributed by atoms with Crippen molar-refractivity contribution in [1.29, 1.82) is 0 Å². The molecule has 1 aliphatic heterocycles.